The number of aromatic nitrogens is 1. The Balaban J connectivity index is 1.87. The largest absolute Gasteiger partial charge is 0.475 e. The van der Waals surface area contributed by atoms with Crippen molar-refractivity contribution in [3.63, 3.8) is 0 Å². The van der Waals surface area contributed by atoms with Crippen LogP contribution in [0.3, 0.4) is 0 Å². The van der Waals surface area contributed by atoms with Gasteiger partial charge >= 0.3 is 6.09 Å². The van der Waals surface area contributed by atoms with Crippen LogP contribution in [0, 0.1) is 6.92 Å². The average molecular weight is 392 g/mol. The number of hydrogen-bond donors (Lipinski definition) is 1. The zero-order valence-electron chi connectivity index (χ0n) is 17.9. The number of carbonyl (C=O) groups excluding carboxylic acids is 2. The fraction of sp³-hybridized carbons (Fsp3) is 0.667. The van der Waals surface area contributed by atoms with Crippen LogP contribution in [-0.4, -0.2) is 52.2 Å². The van der Waals surface area contributed by atoms with E-state index in [0.717, 1.165) is 18.4 Å². The predicted molar refractivity (Wildman–Crippen MR) is 107 cm³/mol. The maximum atomic E-state index is 12.6. The van der Waals surface area contributed by atoms with Gasteiger partial charge in [-0.05, 0) is 60.5 Å². The molecule has 0 spiro atoms. The van der Waals surface area contributed by atoms with E-state index in [0.29, 0.717) is 19.0 Å². The number of hydrogen-bond acceptors (Lipinski definition) is 5. The number of aryl methyl sites for hydroxylation is 1. The molecule has 1 fully saturated rings. The second-order valence-corrected chi connectivity index (χ2v) is 9.02. The van der Waals surface area contributed by atoms with Crippen molar-refractivity contribution in [2.24, 2.45) is 0 Å². The number of amides is 2. The molecule has 0 aliphatic carbocycles. The van der Waals surface area contributed by atoms with Crippen molar-refractivity contribution in [3.05, 3.63) is 23.9 Å². The van der Waals surface area contributed by atoms with Crippen LogP contribution in [0.25, 0.3) is 0 Å². The van der Waals surface area contributed by atoms with Crippen LogP contribution in [0.15, 0.2) is 18.3 Å². The van der Waals surface area contributed by atoms with Gasteiger partial charge in [-0.2, -0.15) is 0 Å². The number of rotatable bonds is 6. The summed E-state index contributed by atoms with van der Waals surface area (Å²) >= 11 is 0. The van der Waals surface area contributed by atoms with E-state index in [-0.39, 0.29) is 24.5 Å². The predicted octanol–water partition coefficient (Wildman–Crippen LogP) is 3.45. The number of likely N-dealkylation sites (tertiary alicyclic amines) is 1. The van der Waals surface area contributed by atoms with Crippen LogP contribution in [0.5, 0.6) is 5.88 Å². The number of nitrogens with zero attached hydrogens (tertiary/aromatic N) is 2. The second kappa shape index (κ2) is 8.80. The fourth-order valence-electron chi connectivity index (χ4n) is 3.16. The van der Waals surface area contributed by atoms with Gasteiger partial charge in [0.05, 0.1) is 5.54 Å². The van der Waals surface area contributed by atoms with E-state index in [2.05, 4.69) is 10.3 Å². The van der Waals surface area contributed by atoms with E-state index >= 15 is 0 Å². The molecule has 2 rings (SSSR count). The normalized spacial score (nSPS) is 17.4. The smallest absolute Gasteiger partial charge is 0.410 e. The maximum Gasteiger partial charge on any atom is 0.410 e. The van der Waals surface area contributed by atoms with Crippen molar-refractivity contribution < 1.29 is 19.1 Å². The summed E-state index contributed by atoms with van der Waals surface area (Å²) in [6.07, 6.45) is 3.26. The Morgan fingerprint density at radius 1 is 1.29 bits per heavy atom. The lowest BCUT2D eigenvalue weighted by Crippen LogP contribution is -2.50. The van der Waals surface area contributed by atoms with Gasteiger partial charge in [-0.15, -0.1) is 0 Å². The molecule has 0 saturated carbocycles. The molecule has 2 heterocycles. The number of nitrogens with one attached hydrogen (secondary N) is 1. The molecule has 0 radical (unpaired) electrons. The zero-order valence-corrected chi connectivity index (χ0v) is 17.9. The highest BCUT2D eigenvalue weighted by Gasteiger charge is 2.34. The summed E-state index contributed by atoms with van der Waals surface area (Å²) in [5, 5.41) is 3.01. The quantitative estimate of drug-likeness (QED) is 0.803. The highest BCUT2D eigenvalue weighted by atomic mass is 16.6. The summed E-state index contributed by atoms with van der Waals surface area (Å²) < 4.78 is 11.2. The fourth-order valence-corrected chi connectivity index (χ4v) is 3.16. The molecule has 1 saturated heterocycles. The third-order valence-corrected chi connectivity index (χ3v) is 4.44. The van der Waals surface area contributed by atoms with Crippen LogP contribution in [0.4, 0.5) is 4.79 Å². The molecule has 7 nitrogen and oxygen atoms in total. The van der Waals surface area contributed by atoms with Gasteiger partial charge in [0.25, 0.3) is 0 Å². The minimum Gasteiger partial charge on any atom is -0.475 e. The first-order valence-electron chi connectivity index (χ1n) is 9.82. The number of ether oxygens (including phenoxy) is 2. The molecule has 7 heteroatoms. The number of pyridine rings is 1. The van der Waals surface area contributed by atoms with E-state index in [4.69, 9.17) is 9.47 Å². The van der Waals surface area contributed by atoms with Crippen molar-refractivity contribution in [2.75, 3.05) is 13.2 Å². The lowest BCUT2D eigenvalue weighted by Gasteiger charge is -2.30. The van der Waals surface area contributed by atoms with Gasteiger partial charge in [-0.3, -0.25) is 4.79 Å². The van der Waals surface area contributed by atoms with Crippen LogP contribution < -0.4 is 10.1 Å². The molecule has 1 aliphatic rings. The van der Waals surface area contributed by atoms with Crippen LogP contribution in [0.1, 0.15) is 59.4 Å². The van der Waals surface area contributed by atoms with Crippen molar-refractivity contribution >= 4 is 12.0 Å². The molecule has 156 valence electrons. The van der Waals surface area contributed by atoms with E-state index in [1.807, 2.05) is 53.7 Å². The minimum atomic E-state index is -0.559. The SMILES string of the molecule is Cc1cccnc1OCC(C)(C)NC(=O)C[C@H]1CCCN1C(=O)OC(C)(C)C. The van der Waals surface area contributed by atoms with E-state index < -0.39 is 11.1 Å². The molecule has 1 atom stereocenters. The maximum absolute atomic E-state index is 12.6. The van der Waals surface area contributed by atoms with E-state index in [1.54, 1.807) is 11.1 Å². The van der Waals surface area contributed by atoms with Gasteiger partial charge in [0.15, 0.2) is 0 Å². The Morgan fingerprint density at radius 3 is 2.64 bits per heavy atom. The first-order chi connectivity index (χ1) is 13.0. The summed E-state index contributed by atoms with van der Waals surface area (Å²) in [7, 11) is 0. The molecular weight excluding hydrogens is 358 g/mol. The van der Waals surface area contributed by atoms with Crippen LogP contribution in [-0.2, 0) is 9.53 Å². The molecule has 28 heavy (non-hydrogen) atoms. The Labute approximate surface area is 167 Å². The highest BCUT2D eigenvalue weighted by molar-refractivity contribution is 5.78. The first kappa shape index (κ1) is 22.0. The van der Waals surface area contributed by atoms with E-state index in [9.17, 15) is 9.59 Å². The minimum absolute atomic E-state index is 0.105. The van der Waals surface area contributed by atoms with Crippen molar-refractivity contribution in [1.29, 1.82) is 0 Å². The summed E-state index contributed by atoms with van der Waals surface area (Å²) in [6, 6.07) is 3.65. The van der Waals surface area contributed by atoms with Crippen molar-refractivity contribution in [3.8, 4) is 5.88 Å². The molecular formula is C21H33N3O4. The Morgan fingerprint density at radius 2 is 2.00 bits per heavy atom. The lowest BCUT2D eigenvalue weighted by molar-refractivity contribution is -0.124. The molecule has 1 N–H and O–H groups in total. The summed E-state index contributed by atoms with van der Waals surface area (Å²) in [6.45, 7) is 12.2. The number of carbonyl (C=O) groups is 2. The average Bonchev–Trinajstić information content (AvgIpc) is 3.00. The summed E-state index contributed by atoms with van der Waals surface area (Å²) in [4.78, 5) is 30.8. The van der Waals surface area contributed by atoms with Gasteiger partial charge in [0, 0.05) is 30.8 Å². The van der Waals surface area contributed by atoms with Crippen molar-refractivity contribution in [2.45, 2.75) is 78.0 Å². The van der Waals surface area contributed by atoms with Gasteiger partial charge < -0.3 is 19.7 Å². The van der Waals surface area contributed by atoms with Gasteiger partial charge in [0.1, 0.15) is 12.2 Å². The second-order valence-electron chi connectivity index (χ2n) is 9.02. The Hall–Kier alpha value is -2.31. The summed E-state index contributed by atoms with van der Waals surface area (Å²) in [5.41, 5.74) is -0.158. The van der Waals surface area contributed by atoms with Crippen LogP contribution in [0.2, 0.25) is 0 Å². The molecule has 1 aromatic heterocycles. The van der Waals surface area contributed by atoms with Gasteiger partial charge in [0.2, 0.25) is 11.8 Å². The molecule has 1 aliphatic heterocycles. The Bertz CT molecular complexity index is 697. The van der Waals surface area contributed by atoms with Gasteiger partial charge in [-0.1, -0.05) is 6.07 Å². The standard InChI is InChI=1S/C21H33N3O4/c1-15-9-7-11-22-18(15)27-14-21(5,6)23-17(25)13-16-10-8-12-24(16)19(26)28-20(2,3)4/h7,9,11,16H,8,10,12-14H2,1-6H3,(H,23,25)/t16-/m1/s1. The third-order valence-electron chi connectivity index (χ3n) is 4.44. The highest BCUT2D eigenvalue weighted by Crippen LogP contribution is 2.23. The molecule has 2 amide bonds. The topological polar surface area (TPSA) is 80.8 Å². The zero-order chi connectivity index (χ0) is 20.9. The van der Waals surface area contributed by atoms with Crippen molar-refractivity contribution in [1.82, 2.24) is 15.2 Å². The van der Waals surface area contributed by atoms with Gasteiger partial charge in [-0.25, -0.2) is 9.78 Å². The first-order valence-corrected chi connectivity index (χ1v) is 9.82. The van der Waals surface area contributed by atoms with Crippen LogP contribution >= 0.6 is 0 Å². The summed E-state index contributed by atoms with van der Waals surface area (Å²) in [5.74, 6) is 0.462. The molecule has 0 aromatic carbocycles. The molecule has 0 bridgehead atoms. The molecule has 0 unspecified atom stereocenters. The third kappa shape index (κ3) is 6.69. The molecule has 1 aromatic rings. The Kier molecular flexibility index (Phi) is 6.91. The monoisotopic (exact) mass is 391 g/mol. The van der Waals surface area contributed by atoms with E-state index in [1.165, 1.54) is 0 Å². The lowest BCUT2D eigenvalue weighted by atomic mass is 10.1.